The molecule has 0 aliphatic heterocycles. The van der Waals surface area contributed by atoms with Gasteiger partial charge in [0.25, 0.3) is 5.78 Å². The third kappa shape index (κ3) is 4.72. The number of thiophene rings is 2. The lowest BCUT2D eigenvalue weighted by Gasteiger charge is -2.11. The van der Waals surface area contributed by atoms with Crippen LogP contribution >= 0.6 is 22.7 Å². The average molecular weight is 575 g/mol. The molecule has 0 radical (unpaired) electrons. The predicted octanol–water partition coefficient (Wildman–Crippen LogP) is 4.89. The number of nitrogens with two attached hydrogens (primary N) is 1. The van der Waals surface area contributed by atoms with Crippen molar-refractivity contribution >= 4 is 50.1 Å². The molecule has 0 bridgehead atoms. The first-order valence-corrected chi connectivity index (χ1v) is 12.8. The monoisotopic (exact) mass is 574 g/mol. The number of carbonyl (C=O) groups is 2. The lowest BCUT2D eigenvalue weighted by Crippen LogP contribution is -2.39. The molecular formula is C25H17F3N4O5S2. The van der Waals surface area contributed by atoms with Gasteiger partial charge in [-0.25, -0.2) is 4.98 Å². The van der Waals surface area contributed by atoms with Gasteiger partial charge < -0.3 is 20.1 Å². The number of nitrogen functional groups attached to an aromatic ring is 1. The van der Waals surface area contributed by atoms with Crippen LogP contribution in [0.1, 0.15) is 43.2 Å². The third-order valence-corrected chi connectivity index (χ3v) is 7.86. The van der Waals surface area contributed by atoms with Crippen molar-refractivity contribution in [1.82, 2.24) is 10.3 Å². The molecule has 0 amide bonds. The molecule has 0 aliphatic carbocycles. The molecule has 5 aromatic rings. The number of ketones is 2. The van der Waals surface area contributed by atoms with E-state index in [1.54, 1.807) is 6.92 Å². The van der Waals surface area contributed by atoms with E-state index < -0.39 is 29.5 Å². The van der Waals surface area contributed by atoms with Crippen molar-refractivity contribution < 1.29 is 41.8 Å². The summed E-state index contributed by atoms with van der Waals surface area (Å²) in [6.45, 7) is 5.03. The summed E-state index contributed by atoms with van der Waals surface area (Å²) in [5.74, 6) is -2.63. The second kappa shape index (κ2) is 9.47. The molecule has 0 atom stereocenters. The number of hydrogen-bond donors (Lipinski definition) is 1. The minimum absolute atomic E-state index is 0.0251. The molecule has 0 saturated carbocycles. The van der Waals surface area contributed by atoms with Crippen LogP contribution in [0.15, 0.2) is 40.9 Å². The Morgan fingerprint density at radius 3 is 2.38 bits per heavy atom. The number of anilines is 1. The van der Waals surface area contributed by atoms with E-state index >= 15 is 0 Å². The highest BCUT2D eigenvalue weighted by Crippen LogP contribution is 2.44. The van der Waals surface area contributed by atoms with Crippen LogP contribution < -0.4 is 20.3 Å². The van der Waals surface area contributed by atoms with Crippen LogP contribution in [0.25, 0.3) is 26.3 Å². The SMILES string of the molecule is CC(=O)c1c(C)nc2sc(C(=O)c3c([O-])on[n+]3-c3ccc(OC(F)(F)F)cc3)c(N)c2c1-c1ccc(C)s1. The average Bonchev–Trinajstić information content (AvgIpc) is 3.54. The summed E-state index contributed by atoms with van der Waals surface area (Å²) < 4.78 is 47.0. The van der Waals surface area contributed by atoms with Crippen molar-refractivity contribution in [2.45, 2.75) is 27.1 Å². The van der Waals surface area contributed by atoms with Crippen molar-refractivity contribution in [3.05, 3.63) is 63.1 Å². The molecule has 4 heterocycles. The molecule has 14 heteroatoms. The number of alkyl halides is 3. The van der Waals surface area contributed by atoms with E-state index in [2.05, 4.69) is 15.0 Å². The normalized spacial score (nSPS) is 11.7. The molecule has 39 heavy (non-hydrogen) atoms. The molecule has 4 aromatic heterocycles. The number of fused-ring (bicyclic) bond motifs is 1. The number of aromatic nitrogens is 3. The van der Waals surface area contributed by atoms with Crippen LogP contribution in [0.2, 0.25) is 0 Å². The minimum atomic E-state index is -4.89. The van der Waals surface area contributed by atoms with Crippen molar-refractivity contribution in [1.29, 1.82) is 0 Å². The quantitative estimate of drug-likeness (QED) is 0.224. The summed E-state index contributed by atoms with van der Waals surface area (Å²) in [4.78, 5) is 32.9. The van der Waals surface area contributed by atoms with Gasteiger partial charge in [0.1, 0.15) is 15.5 Å². The van der Waals surface area contributed by atoms with Crippen molar-refractivity contribution in [2.75, 3.05) is 5.73 Å². The number of Topliss-reactive ketones (excluding diaryl/α,β-unsaturated/α-hetero) is 1. The molecule has 1 aromatic carbocycles. The lowest BCUT2D eigenvalue weighted by atomic mass is 9.98. The Bertz CT molecular complexity index is 1770. The molecule has 200 valence electrons. The third-order valence-electron chi connectivity index (χ3n) is 5.74. The molecule has 5 rings (SSSR count). The van der Waals surface area contributed by atoms with Crippen LogP contribution in [0.3, 0.4) is 0 Å². The van der Waals surface area contributed by atoms with E-state index in [9.17, 15) is 27.9 Å². The van der Waals surface area contributed by atoms with Crippen LogP contribution in [0, 0.1) is 13.8 Å². The zero-order valence-electron chi connectivity index (χ0n) is 20.4. The topological polar surface area (TPSA) is 135 Å². The summed E-state index contributed by atoms with van der Waals surface area (Å²) in [6, 6.07) is 8.11. The summed E-state index contributed by atoms with van der Waals surface area (Å²) in [5, 5.41) is 16.6. The first kappa shape index (κ1) is 26.3. The number of nitrogens with zero attached hydrogens (tertiary/aromatic N) is 3. The standard InChI is InChI=1S/C25H17F3N4O5S2/c1-10-4-9-15(38-10)17-16(12(3)33)11(2)30-23-18(17)19(29)22(39-23)21(34)20-24(35)37-31-32(20)13-5-7-14(8-6-13)36-25(26,27)28/h4-9H,1-3H3,(H2-,29,31,34,35). The number of pyridine rings is 1. The summed E-state index contributed by atoms with van der Waals surface area (Å²) in [7, 11) is 0. The largest absolute Gasteiger partial charge is 0.573 e. The Morgan fingerprint density at radius 2 is 1.79 bits per heavy atom. The Balaban J connectivity index is 1.65. The van der Waals surface area contributed by atoms with E-state index in [4.69, 9.17) is 10.3 Å². The van der Waals surface area contributed by atoms with Crippen LogP contribution in [0.4, 0.5) is 18.9 Å². The molecule has 0 spiro atoms. The first-order chi connectivity index (χ1) is 18.4. The highest BCUT2D eigenvalue weighted by Gasteiger charge is 2.34. The molecule has 0 unspecified atom stereocenters. The number of ether oxygens (including phenoxy) is 1. The van der Waals surface area contributed by atoms with Gasteiger partial charge in [0.2, 0.25) is 5.69 Å². The molecular weight excluding hydrogens is 557 g/mol. The number of benzene rings is 1. The highest BCUT2D eigenvalue weighted by atomic mass is 32.1. The number of rotatable bonds is 6. The summed E-state index contributed by atoms with van der Waals surface area (Å²) >= 11 is 2.39. The highest BCUT2D eigenvalue weighted by molar-refractivity contribution is 7.21. The maximum absolute atomic E-state index is 13.7. The van der Waals surface area contributed by atoms with E-state index in [0.29, 0.717) is 27.0 Å². The van der Waals surface area contributed by atoms with Crippen LogP contribution in [0.5, 0.6) is 11.7 Å². The zero-order chi connectivity index (χ0) is 28.2. The molecule has 9 nitrogen and oxygen atoms in total. The Kier molecular flexibility index (Phi) is 6.39. The maximum Gasteiger partial charge on any atom is 0.573 e. The number of hydrogen-bond acceptors (Lipinski definition) is 10. The molecule has 0 fully saturated rings. The van der Waals surface area contributed by atoms with Gasteiger partial charge in [0, 0.05) is 38.4 Å². The summed E-state index contributed by atoms with van der Waals surface area (Å²) in [5.41, 5.74) is 7.45. The number of halogens is 3. The number of aryl methyl sites for hydroxylation is 2. The predicted molar refractivity (Wildman–Crippen MR) is 134 cm³/mol. The van der Waals surface area contributed by atoms with Crippen molar-refractivity contribution in [3.8, 4) is 27.8 Å². The fraction of sp³-hybridized carbons (Fsp3) is 0.160. The van der Waals surface area contributed by atoms with Gasteiger partial charge in [-0.15, -0.1) is 35.8 Å². The Hall–Kier alpha value is -4.30. The molecule has 0 saturated heterocycles. The minimum Gasteiger partial charge on any atom is -0.539 e. The van der Waals surface area contributed by atoms with Crippen molar-refractivity contribution in [3.63, 3.8) is 0 Å². The van der Waals surface area contributed by atoms with Gasteiger partial charge in [-0.05, 0) is 49.7 Å². The fourth-order valence-corrected chi connectivity index (χ4v) is 6.21. The fourth-order valence-electron chi connectivity index (χ4n) is 4.19. The van der Waals surface area contributed by atoms with Crippen LogP contribution in [-0.2, 0) is 0 Å². The van der Waals surface area contributed by atoms with Gasteiger partial charge >= 0.3 is 12.1 Å². The van der Waals surface area contributed by atoms with E-state index in [1.165, 1.54) is 30.4 Å². The lowest BCUT2D eigenvalue weighted by molar-refractivity contribution is -0.672. The smallest absolute Gasteiger partial charge is 0.539 e. The van der Waals surface area contributed by atoms with Gasteiger partial charge in [-0.1, -0.05) is 0 Å². The zero-order valence-corrected chi connectivity index (χ0v) is 22.0. The summed E-state index contributed by atoms with van der Waals surface area (Å²) in [6.07, 6.45) is -4.89. The van der Waals surface area contributed by atoms with E-state index in [0.717, 1.165) is 37.9 Å². The van der Waals surface area contributed by atoms with E-state index in [1.807, 2.05) is 19.1 Å². The number of carbonyl (C=O) groups excluding carboxylic acids is 2. The van der Waals surface area contributed by atoms with E-state index in [-0.39, 0.29) is 22.0 Å². The van der Waals surface area contributed by atoms with Gasteiger partial charge in [-0.3, -0.25) is 9.59 Å². The molecule has 2 N–H and O–H groups in total. The molecule has 0 aliphatic rings. The second-order valence-corrected chi connectivity index (χ2v) is 10.7. The van der Waals surface area contributed by atoms with Gasteiger partial charge in [0.05, 0.1) is 16.7 Å². The Labute approximate surface area is 225 Å². The maximum atomic E-state index is 13.7. The van der Waals surface area contributed by atoms with Crippen LogP contribution in [-0.4, -0.2) is 28.2 Å². The Morgan fingerprint density at radius 1 is 1.10 bits per heavy atom. The van der Waals surface area contributed by atoms with Crippen molar-refractivity contribution in [2.24, 2.45) is 0 Å². The van der Waals surface area contributed by atoms with Gasteiger partial charge in [-0.2, -0.15) is 0 Å². The van der Waals surface area contributed by atoms with Gasteiger partial charge in [0.15, 0.2) is 11.7 Å². The second-order valence-electron chi connectivity index (χ2n) is 8.43. The first-order valence-electron chi connectivity index (χ1n) is 11.2.